The minimum atomic E-state index is -1.65. The van der Waals surface area contributed by atoms with Crippen molar-refractivity contribution in [3.8, 4) is 17.2 Å². The van der Waals surface area contributed by atoms with Gasteiger partial charge in [-0.1, -0.05) is 0 Å². The molecule has 0 saturated carbocycles. The Morgan fingerprint density at radius 1 is 1.03 bits per heavy atom. The Hall–Kier alpha value is -3.22. The lowest BCUT2D eigenvalue weighted by Gasteiger charge is -2.39. The predicted molar refractivity (Wildman–Crippen MR) is 111 cm³/mol. The van der Waals surface area contributed by atoms with Crippen molar-refractivity contribution in [2.45, 2.75) is 37.6 Å². The van der Waals surface area contributed by atoms with Crippen LogP contribution in [0.15, 0.2) is 33.5 Å². The molecule has 5 rings (SSSR count). The van der Waals surface area contributed by atoms with Crippen LogP contribution in [-0.4, -0.2) is 70.3 Å². The largest absolute Gasteiger partial charge is 0.462 e. The van der Waals surface area contributed by atoms with Crippen LogP contribution in [0.25, 0.3) is 21.7 Å². The zero-order valence-corrected chi connectivity index (χ0v) is 17.3. The molecule has 11 heteroatoms. The number of aliphatic hydroxyl groups excluding tert-OH is 4. The fraction of sp³-hybridized carbons (Fsp3) is 0.364. The number of rotatable bonds is 4. The number of ketones is 1. The number of fused-ring (bicyclic) bond motifs is 4. The second kappa shape index (κ2) is 7.97. The van der Waals surface area contributed by atoms with E-state index in [0.717, 1.165) is 0 Å². The molecular formula is C22H20O11. The van der Waals surface area contributed by atoms with Gasteiger partial charge in [-0.3, -0.25) is 4.79 Å². The van der Waals surface area contributed by atoms with Gasteiger partial charge in [0, 0.05) is 22.4 Å². The van der Waals surface area contributed by atoms with Crippen LogP contribution in [0.1, 0.15) is 17.3 Å². The summed E-state index contributed by atoms with van der Waals surface area (Å²) in [6, 6.07) is 5.82. The van der Waals surface area contributed by atoms with Crippen LogP contribution < -0.4 is 19.8 Å². The van der Waals surface area contributed by atoms with E-state index < -0.39 is 42.9 Å². The number of aliphatic hydroxyl groups is 4. The van der Waals surface area contributed by atoms with E-state index >= 15 is 0 Å². The van der Waals surface area contributed by atoms with Gasteiger partial charge in [0.1, 0.15) is 35.7 Å². The average Bonchev–Trinajstić information content (AvgIpc) is 3.25. The van der Waals surface area contributed by atoms with Crippen molar-refractivity contribution in [2.75, 3.05) is 13.4 Å². The maximum atomic E-state index is 12.6. The smallest absolute Gasteiger partial charge is 0.344 e. The molecular weight excluding hydrogens is 440 g/mol. The van der Waals surface area contributed by atoms with E-state index in [0.29, 0.717) is 22.3 Å². The number of Topliss-reactive ketones (excluding diaryl/α,β-unsaturated/α-hetero) is 1. The molecule has 4 N–H and O–H groups in total. The molecule has 0 unspecified atom stereocenters. The van der Waals surface area contributed by atoms with E-state index in [4.69, 9.17) is 23.4 Å². The lowest BCUT2D eigenvalue weighted by molar-refractivity contribution is -0.277. The molecule has 5 atom stereocenters. The second-order valence-corrected chi connectivity index (χ2v) is 7.86. The third-order valence-electron chi connectivity index (χ3n) is 5.76. The molecule has 0 aliphatic carbocycles. The van der Waals surface area contributed by atoms with Crippen LogP contribution in [0.4, 0.5) is 0 Å². The number of carbonyl (C=O) groups is 1. The average molecular weight is 460 g/mol. The van der Waals surface area contributed by atoms with Gasteiger partial charge < -0.3 is 43.8 Å². The van der Waals surface area contributed by atoms with Gasteiger partial charge in [-0.2, -0.15) is 0 Å². The Labute approximate surface area is 185 Å². The Morgan fingerprint density at radius 3 is 2.39 bits per heavy atom. The highest BCUT2D eigenvalue weighted by Crippen LogP contribution is 2.39. The molecule has 2 aliphatic heterocycles. The maximum Gasteiger partial charge on any atom is 0.344 e. The van der Waals surface area contributed by atoms with Gasteiger partial charge in [0.15, 0.2) is 17.3 Å². The second-order valence-electron chi connectivity index (χ2n) is 7.86. The molecule has 0 radical (unpaired) electrons. The standard InChI is InChI=1S/C22H20O11/c1-8(24)10-2-9(31-22-20(27)19(26)18(25)16(6-23)33-22)3-15-17(10)11-4-13-14(30-7-29-13)5-12(11)21(28)32-15/h2-5,16,18-20,22-23,25-27H,6-7H2,1H3/t16-,18-,19+,20-,22-/m1/s1. The van der Waals surface area contributed by atoms with Crippen molar-refractivity contribution in [3.05, 3.63) is 40.2 Å². The van der Waals surface area contributed by atoms with Crippen molar-refractivity contribution >= 4 is 27.5 Å². The first-order chi connectivity index (χ1) is 15.8. The van der Waals surface area contributed by atoms with Crippen LogP contribution in [0.5, 0.6) is 17.2 Å². The van der Waals surface area contributed by atoms with Crippen molar-refractivity contribution in [1.82, 2.24) is 0 Å². The molecule has 2 aliphatic rings. The SMILES string of the molecule is CC(=O)c1cc(O[C@@H]2O[C@H](CO)[C@@H](O)[C@H](O)[C@H]2O)cc2oc(=O)c3cc4c(cc3c12)OCO4. The van der Waals surface area contributed by atoms with Gasteiger partial charge in [0.25, 0.3) is 0 Å². The van der Waals surface area contributed by atoms with E-state index in [1.807, 2.05) is 0 Å². The number of ether oxygens (including phenoxy) is 4. The van der Waals surface area contributed by atoms with Gasteiger partial charge in [0.2, 0.25) is 13.1 Å². The predicted octanol–water partition coefficient (Wildman–Crippen LogP) is 0.0562. The number of hydrogen-bond acceptors (Lipinski definition) is 11. The fourth-order valence-corrected chi connectivity index (χ4v) is 4.07. The summed E-state index contributed by atoms with van der Waals surface area (Å²) in [5.74, 6) is 0.457. The zero-order valence-electron chi connectivity index (χ0n) is 17.3. The monoisotopic (exact) mass is 460 g/mol. The minimum Gasteiger partial charge on any atom is -0.462 e. The summed E-state index contributed by atoms with van der Waals surface area (Å²) in [5, 5.41) is 40.5. The Bertz CT molecular complexity index is 1310. The van der Waals surface area contributed by atoms with Crippen molar-refractivity contribution in [2.24, 2.45) is 0 Å². The number of benzene rings is 2. The molecule has 1 fully saturated rings. The molecule has 3 heterocycles. The number of carbonyl (C=O) groups excluding carboxylic acids is 1. The van der Waals surface area contributed by atoms with Gasteiger partial charge in [-0.25, -0.2) is 4.79 Å². The molecule has 174 valence electrons. The van der Waals surface area contributed by atoms with Crippen LogP contribution in [-0.2, 0) is 4.74 Å². The van der Waals surface area contributed by atoms with Gasteiger partial charge >= 0.3 is 5.63 Å². The zero-order chi connectivity index (χ0) is 23.4. The molecule has 0 amide bonds. The highest BCUT2D eigenvalue weighted by molar-refractivity contribution is 6.16. The van der Waals surface area contributed by atoms with Crippen molar-refractivity contribution < 1.29 is 48.6 Å². The molecule has 1 aromatic heterocycles. The summed E-state index contributed by atoms with van der Waals surface area (Å²) in [6.07, 6.45) is -7.49. The summed E-state index contributed by atoms with van der Waals surface area (Å²) < 4.78 is 27.1. The van der Waals surface area contributed by atoms with Crippen LogP contribution in [0.3, 0.4) is 0 Å². The van der Waals surface area contributed by atoms with Gasteiger partial charge in [-0.05, 0) is 25.1 Å². The fourth-order valence-electron chi connectivity index (χ4n) is 4.07. The summed E-state index contributed by atoms with van der Waals surface area (Å²) in [6.45, 7) is 0.708. The lowest BCUT2D eigenvalue weighted by Crippen LogP contribution is -2.60. The van der Waals surface area contributed by atoms with E-state index in [-0.39, 0.29) is 34.9 Å². The highest BCUT2D eigenvalue weighted by Gasteiger charge is 2.44. The van der Waals surface area contributed by atoms with Gasteiger partial charge in [0.05, 0.1) is 12.0 Å². The van der Waals surface area contributed by atoms with Crippen molar-refractivity contribution in [3.63, 3.8) is 0 Å². The third-order valence-corrected chi connectivity index (χ3v) is 5.76. The van der Waals surface area contributed by atoms with E-state index in [9.17, 15) is 30.0 Å². The summed E-state index contributed by atoms with van der Waals surface area (Å²) in [5.41, 5.74) is -0.464. The first kappa shape index (κ1) is 21.6. The normalized spacial score (nSPS) is 26.6. The summed E-state index contributed by atoms with van der Waals surface area (Å²) >= 11 is 0. The minimum absolute atomic E-state index is 0.000253. The van der Waals surface area contributed by atoms with Gasteiger partial charge in [-0.15, -0.1) is 0 Å². The molecule has 3 aromatic rings. The molecule has 33 heavy (non-hydrogen) atoms. The molecule has 0 spiro atoms. The molecule has 2 aromatic carbocycles. The Morgan fingerprint density at radius 2 is 1.73 bits per heavy atom. The summed E-state index contributed by atoms with van der Waals surface area (Å²) in [4.78, 5) is 25.2. The van der Waals surface area contributed by atoms with Crippen LogP contribution in [0, 0.1) is 0 Å². The summed E-state index contributed by atoms with van der Waals surface area (Å²) in [7, 11) is 0. The van der Waals surface area contributed by atoms with E-state index in [2.05, 4.69) is 0 Å². The number of hydrogen-bond donors (Lipinski definition) is 4. The van der Waals surface area contributed by atoms with Crippen LogP contribution in [0.2, 0.25) is 0 Å². The van der Waals surface area contributed by atoms with E-state index in [1.54, 1.807) is 6.07 Å². The van der Waals surface area contributed by atoms with Crippen molar-refractivity contribution in [1.29, 1.82) is 0 Å². The third kappa shape index (κ3) is 3.50. The lowest BCUT2D eigenvalue weighted by atomic mass is 9.98. The highest BCUT2D eigenvalue weighted by atomic mass is 16.7. The Balaban J connectivity index is 1.63. The first-order valence-corrected chi connectivity index (χ1v) is 10.1. The molecule has 11 nitrogen and oxygen atoms in total. The quantitative estimate of drug-likeness (QED) is 0.236. The van der Waals surface area contributed by atoms with Crippen LogP contribution >= 0.6 is 0 Å². The molecule has 1 saturated heterocycles. The Kier molecular flexibility index (Phi) is 5.22. The van der Waals surface area contributed by atoms with E-state index in [1.165, 1.54) is 25.1 Å². The maximum absolute atomic E-state index is 12.6. The molecule has 0 bridgehead atoms. The first-order valence-electron chi connectivity index (χ1n) is 10.1. The topological polar surface area (TPSA) is 165 Å².